The Kier molecular flexibility index (Phi) is 5.58. The SMILES string of the molecule is CC(C)(N)C(=O)N1CCC(c2nnc(Cn3cccn3)n2C2CC2)CC1.Cl. The molecule has 0 aromatic carbocycles. The lowest BCUT2D eigenvalue weighted by Gasteiger charge is -2.35. The molecule has 1 aliphatic carbocycles. The molecule has 0 bridgehead atoms. The predicted molar refractivity (Wildman–Crippen MR) is 104 cm³/mol. The number of likely N-dealkylation sites (tertiary alicyclic amines) is 1. The molecule has 27 heavy (non-hydrogen) atoms. The van der Waals surface area contributed by atoms with E-state index in [2.05, 4.69) is 19.9 Å². The summed E-state index contributed by atoms with van der Waals surface area (Å²) in [5.41, 5.74) is 5.16. The Morgan fingerprint density at radius 1 is 1.22 bits per heavy atom. The van der Waals surface area contributed by atoms with Gasteiger partial charge in [-0.2, -0.15) is 5.10 Å². The van der Waals surface area contributed by atoms with E-state index in [-0.39, 0.29) is 18.3 Å². The van der Waals surface area contributed by atoms with Crippen LogP contribution in [-0.4, -0.2) is 54.0 Å². The lowest BCUT2D eigenvalue weighted by atomic mass is 9.94. The van der Waals surface area contributed by atoms with E-state index in [9.17, 15) is 4.79 Å². The molecular formula is C18H28ClN7O. The van der Waals surface area contributed by atoms with Crippen LogP contribution < -0.4 is 5.73 Å². The van der Waals surface area contributed by atoms with Crippen molar-refractivity contribution in [2.24, 2.45) is 5.73 Å². The van der Waals surface area contributed by atoms with Crippen molar-refractivity contribution in [2.75, 3.05) is 13.1 Å². The van der Waals surface area contributed by atoms with Crippen LogP contribution in [0.25, 0.3) is 0 Å². The first-order valence-electron chi connectivity index (χ1n) is 9.43. The first-order valence-corrected chi connectivity index (χ1v) is 9.43. The largest absolute Gasteiger partial charge is 0.341 e. The van der Waals surface area contributed by atoms with Crippen molar-refractivity contribution in [1.82, 2.24) is 29.4 Å². The van der Waals surface area contributed by atoms with E-state index in [1.54, 1.807) is 20.0 Å². The summed E-state index contributed by atoms with van der Waals surface area (Å²) in [6, 6.07) is 2.44. The van der Waals surface area contributed by atoms with Crippen molar-refractivity contribution in [1.29, 1.82) is 0 Å². The number of carbonyl (C=O) groups is 1. The van der Waals surface area contributed by atoms with E-state index >= 15 is 0 Å². The molecule has 2 fully saturated rings. The Balaban J connectivity index is 0.00000210. The van der Waals surface area contributed by atoms with Crippen LogP contribution in [0.2, 0.25) is 0 Å². The predicted octanol–water partition coefficient (Wildman–Crippen LogP) is 1.72. The van der Waals surface area contributed by atoms with Gasteiger partial charge in [-0.05, 0) is 45.6 Å². The molecule has 1 saturated carbocycles. The zero-order chi connectivity index (χ0) is 18.3. The minimum atomic E-state index is -0.808. The van der Waals surface area contributed by atoms with Gasteiger partial charge in [0.2, 0.25) is 5.91 Å². The average Bonchev–Trinajstić information content (AvgIpc) is 3.15. The Hall–Kier alpha value is -1.93. The lowest BCUT2D eigenvalue weighted by Crippen LogP contribution is -2.53. The molecule has 0 unspecified atom stereocenters. The number of aromatic nitrogens is 5. The maximum Gasteiger partial charge on any atom is 0.242 e. The maximum absolute atomic E-state index is 12.4. The van der Waals surface area contributed by atoms with E-state index in [4.69, 9.17) is 5.73 Å². The van der Waals surface area contributed by atoms with Gasteiger partial charge in [0.25, 0.3) is 0 Å². The quantitative estimate of drug-likeness (QED) is 0.834. The highest BCUT2D eigenvalue weighted by Crippen LogP contribution is 2.40. The summed E-state index contributed by atoms with van der Waals surface area (Å²) < 4.78 is 4.22. The van der Waals surface area contributed by atoms with Gasteiger partial charge >= 0.3 is 0 Å². The van der Waals surface area contributed by atoms with Crippen molar-refractivity contribution in [2.45, 2.75) is 63.6 Å². The minimum absolute atomic E-state index is 0. The molecule has 4 rings (SSSR count). The fraction of sp³-hybridized carbons (Fsp3) is 0.667. The van der Waals surface area contributed by atoms with E-state index in [1.807, 2.05) is 21.8 Å². The Bertz CT molecular complexity index is 768. The highest BCUT2D eigenvalue weighted by atomic mass is 35.5. The van der Waals surface area contributed by atoms with Gasteiger partial charge in [0.15, 0.2) is 5.82 Å². The number of carbonyl (C=O) groups excluding carboxylic acids is 1. The highest BCUT2D eigenvalue weighted by Gasteiger charge is 2.36. The summed E-state index contributed by atoms with van der Waals surface area (Å²) in [6.07, 6.45) is 7.93. The molecule has 9 heteroatoms. The molecule has 0 radical (unpaired) electrons. The molecule has 2 aromatic rings. The zero-order valence-electron chi connectivity index (χ0n) is 15.9. The normalized spacial score (nSPS) is 18.4. The fourth-order valence-electron chi connectivity index (χ4n) is 3.74. The second-order valence-electron chi connectivity index (χ2n) is 8.07. The van der Waals surface area contributed by atoms with Crippen molar-refractivity contribution in [3.05, 3.63) is 30.1 Å². The Labute approximate surface area is 165 Å². The molecule has 0 spiro atoms. The maximum atomic E-state index is 12.4. The third-order valence-corrected chi connectivity index (χ3v) is 5.27. The molecule has 2 aromatic heterocycles. The molecule has 1 saturated heterocycles. The van der Waals surface area contributed by atoms with Crippen molar-refractivity contribution < 1.29 is 4.79 Å². The van der Waals surface area contributed by atoms with Gasteiger partial charge in [0.05, 0.1) is 5.54 Å². The van der Waals surface area contributed by atoms with Gasteiger partial charge in [0.1, 0.15) is 12.4 Å². The van der Waals surface area contributed by atoms with Crippen LogP contribution in [0.4, 0.5) is 0 Å². The molecule has 148 valence electrons. The van der Waals surface area contributed by atoms with Crippen LogP contribution in [0.15, 0.2) is 18.5 Å². The van der Waals surface area contributed by atoms with Gasteiger partial charge in [-0.25, -0.2) is 0 Å². The molecular weight excluding hydrogens is 366 g/mol. The van der Waals surface area contributed by atoms with Gasteiger partial charge in [0, 0.05) is 37.4 Å². The third kappa shape index (κ3) is 4.16. The lowest BCUT2D eigenvalue weighted by molar-refractivity contribution is -0.136. The number of amides is 1. The monoisotopic (exact) mass is 393 g/mol. The van der Waals surface area contributed by atoms with Crippen LogP contribution in [0.5, 0.6) is 0 Å². The topological polar surface area (TPSA) is 94.9 Å². The van der Waals surface area contributed by atoms with Crippen LogP contribution in [0, 0.1) is 0 Å². The molecule has 1 amide bonds. The summed E-state index contributed by atoms with van der Waals surface area (Å²) in [5.74, 6) is 2.43. The number of nitrogens with zero attached hydrogens (tertiary/aromatic N) is 6. The molecule has 1 aliphatic heterocycles. The second-order valence-corrected chi connectivity index (χ2v) is 8.07. The summed E-state index contributed by atoms with van der Waals surface area (Å²) in [7, 11) is 0. The van der Waals surface area contributed by atoms with E-state index < -0.39 is 5.54 Å². The Morgan fingerprint density at radius 3 is 2.48 bits per heavy atom. The van der Waals surface area contributed by atoms with E-state index in [0.29, 0.717) is 18.5 Å². The van der Waals surface area contributed by atoms with Crippen LogP contribution >= 0.6 is 12.4 Å². The van der Waals surface area contributed by atoms with Gasteiger partial charge in [-0.1, -0.05) is 0 Å². The summed E-state index contributed by atoms with van der Waals surface area (Å²) in [6.45, 7) is 5.65. The third-order valence-electron chi connectivity index (χ3n) is 5.27. The minimum Gasteiger partial charge on any atom is -0.341 e. The highest BCUT2D eigenvalue weighted by molar-refractivity contribution is 5.85. The van der Waals surface area contributed by atoms with Crippen molar-refractivity contribution in [3.8, 4) is 0 Å². The number of piperidine rings is 1. The fourth-order valence-corrected chi connectivity index (χ4v) is 3.74. The first-order chi connectivity index (χ1) is 12.4. The van der Waals surface area contributed by atoms with Gasteiger partial charge in [-0.3, -0.25) is 9.48 Å². The molecule has 8 nitrogen and oxygen atoms in total. The van der Waals surface area contributed by atoms with Crippen molar-refractivity contribution in [3.63, 3.8) is 0 Å². The average molecular weight is 394 g/mol. The van der Waals surface area contributed by atoms with Crippen molar-refractivity contribution >= 4 is 18.3 Å². The van der Waals surface area contributed by atoms with Crippen LogP contribution in [0.3, 0.4) is 0 Å². The number of rotatable bonds is 5. The number of hydrogen-bond acceptors (Lipinski definition) is 5. The Morgan fingerprint density at radius 2 is 1.93 bits per heavy atom. The van der Waals surface area contributed by atoms with Crippen LogP contribution in [-0.2, 0) is 11.3 Å². The molecule has 2 aliphatic rings. The van der Waals surface area contributed by atoms with Gasteiger partial charge in [-0.15, -0.1) is 22.6 Å². The summed E-state index contributed by atoms with van der Waals surface area (Å²) in [4.78, 5) is 14.3. The smallest absolute Gasteiger partial charge is 0.242 e. The van der Waals surface area contributed by atoms with E-state index in [0.717, 1.165) is 37.6 Å². The summed E-state index contributed by atoms with van der Waals surface area (Å²) >= 11 is 0. The first kappa shape index (κ1) is 19.8. The van der Waals surface area contributed by atoms with Gasteiger partial charge < -0.3 is 15.2 Å². The van der Waals surface area contributed by atoms with E-state index in [1.165, 1.54) is 12.8 Å². The number of nitrogens with two attached hydrogens (primary N) is 1. The van der Waals surface area contributed by atoms with Crippen LogP contribution in [0.1, 0.15) is 63.1 Å². The zero-order valence-corrected chi connectivity index (χ0v) is 16.7. The second kappa shape index (κ2) is 7.59. The number of halogens is 1. The standard InChI is InChI=1S/C18H27N7O.ClH/c1-18(2,19)17(26)23-10-6-13(7-11-23)16-22-21-15(25(16)14-4-5-14)12-24-9-3-8-20-24;/h3,8-9,13-14H,4-7,10-12,19H2,1-2H3;1H. The molecule has 0 atom stereocenters. The number of hydrogen-bond donors (Lipinski definition) is 1. The summed E-state index contributed by atoms with van der Waals surface area (Å²) in [5, 5.41) is 13.3. The molecule has 3 heterocycles. The molecule has 2 N–H and O–H groups in total.